The fourth-order valence-corrected chi connectivity index (χ4v) is 2.56. The summed E-state index contributed by atoms with van der Waals surface area (Å²) in [6.45, 7) is 0. The van der Waals surface area contributed by atoms with Crippen molar-refractivity contribution in [3.8, 4) is 5.75 Å². The van der Waals surface area contributed by atoms with E-state index in [1.165, 1.54) is 0 Å². The topological polar surface area (TPSA) is 50.4 Å². The molecule has 2 N–H and O–H groups in total. The first kappa shape index (κ1) is 15.2. The lowest BCUT2D eigenvalue weighted by Gasteiger charge is -2.10. The number of hydrogen-bond donors (Lipinski definition) is 2. The van der Waals surface area contributed by atoms with E-state index >= 15 is 0 Å². The number of carbonyl (C=O) groups excluding carboxylic acids is 1. The van der Waals surface area contributed by atoms with Gasteiger partial charge in [0.1, 0.15) is 5.75 Å². The molecule has 0 saturated carbocycles. The third-order valence-corrected chi connectivity index (χ3v) is 3.71. The average molecular weight is 327 g/mol. The zero-order valence-electron chi connectivity index (χ0n) is 12.5. The molecule has 0 unspecified atom stereocenters. The first-order chi connectivity index (χ1) is 11.2. The van der Waals surface area contributed by atoms with Crippen LogP contribution in [0.4, 0.5) is 16.2 Å². The Labute approximate surface area is 139 Å². The highest BCUT2D eigenvalue weighted by atomic mass is 35.5. The molecule has 0 aliphatic rings. The number of nitrogens with one attached hydrogen (secondary N) is 2. The molecule has 0 heterocycles. The van der Waals surface area contributed by atoms with E-state index < -0.39 is 0 Å². The first-order valence-corrected chi connectivity index (χ1v) is 7.44. The minimum Gasteiger partial charge on any atom is -0.495 e. The molecule has 0 atom stereocenters. The van der Waals surface area contributed by atoms with Gasteiger partial charge in [-0.15, -0.1) is 0 Å². The predicted octanol–water partition coefficient (Wildman–Crippen LogP) is 5.15. The molecule has 23 heavy (non-hydrogen) atoms. The number of hydrogen-bond acceptors (Lipinski definition) is 2. The zero-order chi connectivity index (χ0) is 16.2. The Morgan fingerprint density at radius 2 is 1.57 bits per heavy atom. The number of methoxy groups -OCH3 is 1. The molecule has 0 radical (unpaired) electrons. The fraction of sp³-hybridized carbons (Fsp3) is 0.0556. The van der Waals surface area contributed by atoms with E-state index in [0.29, 0.717) is 16.5 Å². The average Bonchev–Trinajstić information content (AvgIpc) is 2.55. The molecule has 116 valence electrons. The molecule has 2 amide bonds. The van der Waals surface area contributed by atoms with Gasteiger partial charge in [0.05, 0.1) is 12.1 Å². The van der Waals surface area contributed by atoms with Gasteiger partial charge in [-0.3, -0.25) is 0 Å². The Morgan fingerprint density at radius 3 is 2.26 bits per heavy atom. The first-order valence-electron chi connectivity index (χ1n) is 7.06. The second-order valence-electron chi connectivity index (χ2n) is 4.99. The monoisotopic (exact) mass is 326 g/mol. The lowest BCUT2D eigenvalue weighted by Crippen LogP contribution is -2.19. The van der Waals surface area contributed by atoms with Gasteiger partial charge in [-0.2, -0.15) is 0 Å². The van der Waals surface area contributed by atoms with Gasteiger partial charge >= 0.3 is 6.03 Å². The maximum absolute atomic E-state index is 12.1. The van der Waals surface area contributed by atoms with Gasteiger partial charge in [0.25, 0.3) is 0 Å². The summed E-state index contributed by atoms with van der Waals surface area (Å²) in [5.41, 5.74) is 1.31. The lowest BCUT2D eigenvalue weighted by molar-refractivity contribution is 0.262. The van der Waals surface area contributed by atoms with Gasteiger partial charge in [0.15, 0.2) is 0 Å². The van der Waals surface area contributed by atoms with E-state index in [9.17, 15) is 4.79 Å². The van der Waals surface area contributed by atoms with Crippen LogP contribution >= 0.6 is 11.6 Å². The predicted molar refractivity (Wildman–Crippen MR) is 94.6 cm³/mol. The van der Waals surface area contributed by atoms with Gasteiger partial charge in [0.2, 0.25) is 0 Å². The van der Waals surface area contributed by atoms with Crippen LogP contribution in [0.15, 0.2) is 60.7 Å². The molecule has 0 bridgehead atoms. The van der Waals surface area contributed by atoms with Gasteiger partial charge in [-0.05, 0) is 41.1 Å². The third-order valence-electron chi connectivity index (χ3n) is 3.42. The number of ether oxygens (including phenoxy) is 1. The van der Waals surface area contributed by atoms with Gasteiger partial charge in [0, 0.05) is 11.4 Å². The molecule has 3 aromatic carbocycles. The zero-order valence-corrected chi connectivity index (χ0v) is 13.2. The maximum atomic E-state index is 12.1. The highest BCUT2D eigenvalue weighted by molar-refractivity contribution is 6.32. The van der Waals surface area contributed by atoms with Crippen LogP contribution in [0.3, 0.4) is 0 Å². The Kier molecular flexibility index (Phi) is 4.35. The van der Waals surface area contributed by atoms with Gasteiger partial charge in [-0.25, -0.2) is 4.79 Å². The van der Waals surface area contributed by atoms with Gasteiger partial charge in [-0.1, -0.05) is 41.9 Å². The van der Waals surface area contributed by atoms with Crippen LogP contribution in [0.1, 0.15) is 0 Å². The molecule has 4 nitrogen and oxygen atoms in total. The molecule has 0 aliphatic heterocycles. The second-order valence-corrected chi connectivity index (χ2v) is 5.40. The SMILES string of the molecule is COc1ccc(NC(=O)Nc2ccc3ccccc3c2)cc1Cl. The fourth-order valence-electron chi connectivity index (χ4n) is 2.30. The van der Waals surface area contributed by atoms with Crippen molar-refractivity contribution in [2.24, 2.45) is 0 Å². The summed E-state index contributed by atoms with van der Waals surface area (Å²) in [7, 11) is 1.54. The Balaban J connectivity index is 1.71. The summed E-state index contributed by atoms with van der Waals surface area (Å²) >= 11 is 6.04. The highest BCUT2D eigenvalue weighted by Crippen LogP contribution is 2.27. The molecule has 0 aliphatic carbocycles. The summed E-state index contributed by atoms with van der Waals surface area (Å²) < 4.78 is 5.08. The van der Waals surface area contributed by atoms with Crippen LogP contribution in [0.5, 0.6) is 5.75 Å². The molecule has 3 rings (SSSR count). The number of fused-ring (bicyclic) bond motifs is 1. The number of anilines is 2. The van der Waals surface area contributed by atoms with Crippen molar-refractivity contribution < 1.29 is 9.53 Å². The molecule has 0 spiro atoms. The number of urea groups is 1. The molecule has 0 aromatic heterocycles. The molecule has 0 fully saturated rings. The number of benzene rings is 3. The Morgan fingerprint density at radius 1 is 0.913 bits per heavy atom. The van der Waals surface area contributed by atoms with Crippen LogP contribution in [-0.2, 0) is 0 Å². The molecular weight excluding hydrogens is 312 g/mol. The number of rotatable bonds is 3. The summed E-state index contributed by atoms with van der Waals surface area (Å²) in [4.78, 5) is 12.1. The van der Waals surface area contributed by atoms with E-state index in [2.05, 4.69) is 10.6 Å². The van der Waals surface area contributed by atoms with Crippen molar-refractivity contribution in [3.63, 3.8) is 0 Å². The van der Waals surface area contributed by atoms with E-state index in [4.69, 9.17) is 16.3 Å². The standard InChI is InChI=1S/C18H15ClN2O2/c1-23-17-9-8-15(11-16(17)19)21-18(22)20-14-7-6-12-4-2-3-5-13(12)10-14/h2-11H,1H3,(H2,20,21,22). The van der Waals surface area contributed by atoms with Crippen LogP contribution in [0.25, 0.3) is 10.8 Å². The maximum Gasteiger partial charge on any atom is 0.323 e. The quantitative estimate of drug-likeness (QED) is 0.699. The normalized spacial score (nSPS) is 10.3. The molecule has 0 saturated heterocycles. The van der Waals surface area contributed by atoms with Crippen LogP contribution in [0.2, 0.25) is 5.02 Å². The minimum absolute atomic E-state index is 0.332. The van der Waals surface area contributed by atoms with Crippen molar-refractivity contribution in [2.75, 3.05) is 17.7 Å². The Bertz CT molecular complexity index is 865. The van der Waals surface area contributed by atoms with Gasteiger partial charge < -0.3 is 15.4 Å². The third kappa shape index (κ3) is 3.55. The number of carbonyl (C=O) groups is 1. The second kappa shape index (κ2) is 6.58. The van der Waals surface area contributed by atoms with Crippen molar-refractivity contribution in [2.45, 2.75) is 0 Å². The largest absolute Gasteiger partial charge is 0.495 e. The van der Waals surface area contributed by atoms with Crippen molar-refractivity contribution in [3.05, 3.63) is 65.7 Å². The molecular formula is C18H15ClN2O2. The highest BCUT2D eigenvalue weighted by Gasteiger charge is 2.06. The molecule has 3 aromatic rings. The van der Waals surface area contributed by atoms with E-state index in [-0.39, 0.29) is 6.03 Å². The lowest BCUT2D eigenvalue weighted by atomic mass is 10.1. The minimum atomic E-state index is -0.332. The smallest absolute Gasteiger partial charge is 0.323 e. The van der Waals surface area contributed by atoms with E-state index in [1.807, 2.05) is 42.5 Å². The number of halogens is 1. The number of amides is 2. The van der Waals surface area contributed by atoms with Crippen LogP contribution < -0.4 is 15.4 Å². The van der Waals surface area contributed by atoms with Crippen LogP contribution in [0, 0.1) is 0 Å². The van der Waals surface area contributed by atoms with Crippen molar-refractivity contribution in [1.82, 2.24) is 0 Å². The van der Waals surface area contributed by atoms with Crippen molar-refractivity contribution >= 4 is 39.8 Å². The Hall–Kier alpha value is -2.72. The van der Waals surface area contributed by atoms with Crippen molar-refractivity contribution in [1.29, 1.82) is 0 Å². The molecule has 5 heteroatoms. The summed E-state index contributed by atoms with van der Waals surface area (Å²) in [6, 6.07) is 18.5. The van der Waals surface area contributed by atoms with E-state index in [1.54, 1.807) is 25.3 Å². The van der Waals surface area contributed by atoms with Crippen LogP contribution in [-0.4, -0.2) is 13.1 Å². The van der Waals surface area contributed by atoms with E-state index in [0.717, 1.165) is 16.5 Å². The summed E-state index contributed by atoms with van der Waals surface area (Å²) in [5, 5.41) is 8.18. The summed E-state index contributed by atoms with van der Waals surface area (Å²) in [5.74, 6) is 0.562. The summed E-state index contributed by atoms with van der Waals surface area (Å²) in [6.07, 6.45) is 0.